The van der Waals surface area contributed by atoms with E-state index in [-0.39, 0.29) is 47.8 Å². The smallest absolute Gasteiger partial charge is 0.350 e. The highest BCUT2D eigenvalue weighted by molar-refractivity contribution is 6.28. The minimum Gasteiger partial charge on any atom is -0.463 e. The Balaban J connectivity index is 1.40. The number of alkyl halides is 1. The van der Waals surface area contributed by atoms with Crippen molar-refractivity contribution in [2.24, 2.45) is 0 Å². The molecular formula is C28H32ClFN6O8. The van der Waals surface area contributed by atoms with E-state index in [9.17, 15) is 19.5 Å². The first-order chi connectivity index (χ1) is 21.1. The third kappa shape index (κ3) is 5.92. The van der Waals surface area contributed by atoms with Gasteiger partial charge in [-0.2, -0.15) is 9.97 Å². The highest BCUT2D eigenvalue weighted by atomic mass is 35.5. The second kappa shape index (κ2) is 13.0. The maximum atomic E-state index is 15.4. The monoisotopic (exact) mass is 634 g/mol. The Morgan fingerprint density at radius 1 is 1.18 bits per heavy atom. The van der Waals surface area contributed by atoms with Gasteiger partial charge >= 0.3 is 11.9 Å². The molecular weight excluding hydrogens is 603 g/mol. The Bertz CT molecular complexity index is 1520. The normalized spacial score (nSPS) is 22.1. The molecule has 44 heavy (non-hydrogen) atoms. The summed E-state index contributed by atoms with van der Waals surface area (Å²) in [6, 6.07) is 6.74. The fraction of sp³-hybridized carbons (Fsp3) is 0.500. The Hall–Kier alpha value is -3.92. The largest absolute Gasteiger partial charge is 0.463 e. The number of amides is 1. The molecule has 1 amide bonds. The molecule has 4 atom stereocenters. The van der Waals surface area contributed by atoms with Crippen LogP contribution in [0.25, 0.3) is 11.2 Å². The van der Waals surface area contributed by atoms with E-state index in [1.807, 2.05) is 0 Å². The van der Waals surface area contributed by atoms with Crippen LogP contribution in [0.2, 0.25) is 5.28 Å². The highest BCUT2D eigenvalue weighted by Crippen LogP contribution is 2.36. The number of ether oxygens (including phenoxy) is 4. The van der Waals surface area contributed by atoms with Gasteiger partial charge in [-0.1, -0.05) is 12.1 Å². The van der Waals surface area contributed by atoms with Crippen LogP contribution in [-0.2, 0) is 39.8 Å². The molecule has 5 rings (SSSR count). The van der Waals surface area contributed by atoms with Gasteiger partial charge in [-0.3, -0.25) is 9.36 Å². The summed E-state index contributed by atoms with van der Waals surface area (Å²) in [5.41, 5.74) is 4.94. The van der Waals surface area contributed by atoms with Crippen molar-refractivity contribution in [1.29, 1.82) is 0 Å². The van der Waals surface area contributed by atoms with Crippen molar-refractivity contribution in [3.63, 3.8) is 0 Å². The standard InChI is InChI=1S/C28H32ClFN6O8/c1-3-41-25(39)28(26(40)42-4-2,12-15-7-9-16(10-8-15)35-11-5-6-18(35)37)43-13-17-21(38)19(30)24(44-17)36-14-32-20-22(31)33-27(29)34-23(20)36/h7-10,14,17,19,21,24,38H,3-6,11-13H2,1-2H3,(H2,31,33,34)/t17-,19+,21-,24-/m1/s1. The van der Waals surface area contributed by atoms with Crippen molar-refractivity contribution in [3.8, 4) is 0 Å². The maximum Gasteiger partial charge on any atom is 0.350 e. The number of carbonyl (C=O) groups excluding carboxylic acids is 3. The molecule has 16 heteroatoms. The number of anilines is 2. The highest BCUT2D eigenvalue weighted by Gasteiger charge is 2.53. The van der Waals surface area contributed by atoms with E-state index in [4.69, 9.17) is 36.3 Å². The quantitative estimate of drug-likeness (QED) is 0.178. The van der Waals surface area contributed by atoms with Crippen LogP contribution in [0.3, 0.4) is 0 Å². The molecule has 236 valence electrons. The Morgan fingerprint density at radius 2 is 1.86 bits per heavy atom. The molecule has 2 fully saturated rings. The minimum absolute atomic E-state index is 0.00998. The zero-order valence-electron chi connectivity index (χ0n) is 24.0. The van der Waals surface area contributed by atoms with E-state index in [1.54, 1.807) is 43.0 Å². The Labute approximate surface area is 256 Å². The van der Waals surface area contributed by atoms with Crippen molar-refractivity contribution in [1.82, 2.24) is 19.5 Å². The predicted octanol–water partition coefficient (Wildman–Crippen LogP) is 1.91. The average Bonchev–Trinajstić information content (AvgIpc) is 3.69. The Morgan fingerprint density at radius 3 is 2.48 bits per heavy atom. The van der Waals surface area contributed by atoms with Crippen molar-refractivity contribution >= 4 is 52.1 Å². The molecule has 0 bridgehead atoms. The summed E-state index contributed by atoms with van der Waals surface area (Å²) in [5.74, 6) is -2.07. The lowest BCUT2D eigenvalue weighted by atomic mass is 9.93. The number of halogens is 2. The molecule has 2 aliphatic heterocycles. The van der Waals surface area contributed by atoms with Crippen LogP contribution < -0.4 is 10.6 Å². The van der Waals surface area contributed by atoms with Crippen LogP contribution in [0.5, 0.6) is 0 Å². The number of fused-ring (bicyclic) bond motifs is 1. The van der Waals surface area contributed by atoms with Gasteiger partial charge in [-0.15, -0.1) is 0 Å². The molecule has 1 aromatic carbocycles. The number of esters is 2. The van der Waals surface area contributed by atoms with Gasteiger partial charge in [0.05, 0.1) is 26.1 Å². The molecule has 0 saturated carbocycles. The van der Waals surface area contributed by atoms with E-state index >= 15 is 4.39 Å². The lowest BCUT2D eigenvalue weighted by Gasteiger charge is -2.31. The molecule has 0 radical (unpaired) electrons. The number of aliphatic hydroxyl groups excluding tert-OH is 1. The van der Waals surface area contributed by atoms with Gasteiger partial charge in [0.1, 0.15) is 17.7 Å². The van der Waals surface area contributed by atoms with E-state index < -0.39 is 48.8 Å². The van der Waals surface area contributed by atoms with Gasteiger partial charge in [0.25, 0.3) is 5.60 Å². The van der Waals surface area contributed by atoms with Gasteiger partial charge < -0.3 is 34.7 Å². The molecule has 0 aliphatic carbocycles. The number of imidazole rings is 1. The number of rotatable bonds is 11. The zero-order valence-corrected chi connectivity index (χ0v) is 24.8. The van der Waals surface area contributed by atoms with E-state index in [1.165, 1.54) is 10.9 Å². The third-order valence-corrected chi connectivity index (χ3v) is 7.64. The first kappa shape index (κ1) is 31.5. The van der Waals surface area contributed by atoms with Crippen molar-refractivity contribution in [2.45, 2.75) is 63.3 Å². The molecule has 3 N–H and O–H groups in total. The number of nitrogens with zero attached hydrogens (tertiary/aromatic N) is 5. The van der Waals surface area contributed by atoms with Crippen molar-refractivity contribution < 1.29 is 42.8 Å². The second-order valence-corrected chi connectivity index (χ2v) is 10.6. The van der Waals surface area contributed by atoms with Crippen LogP contribution >= 0.6 is 11.6 Å². The minimum atomic E-state index is -2.32. The Kier molecular flexibility index (Phi) is 9.29. The van der Waals surface area contributed by atoms with E-state index in [2.05, 4.69) is 15.0 Å². The average molecular weight is 635 g/mol. The molecule has 2 saturated heterocycles. The fourth-order valence-electron chi connectivity index (χ4n) is 5.28. The summed E-state index contributed by atoms with van der Waals surface area (Å²) >= 11 is 5.93. The number of carbonyl (C=O) groups is 3. The van der Waals surface area contributed by atoms with Gasteiger partial charge in [0.2, 0.25) is 11.2 Å². The molecule has 14 nitrogen and oxygen atoms in total. The van der Waals surface area contributed by atoms with Crippen LogP contribution in [0.4, 0.5) is 15.9 Å². The fourth-order valence-corrected chi connectivity index (χ4v) is 5.45. The first-order valence-electron chi connectivity index (χ1n) is 14.1. The predicted molar refractivity (Wildman–Crippen MR) is 153 cm³/mol. The lowest BCUT2D eigenvalue weighted by Crippen LogP contribution is -2.54. The number of hydrogen-bond acceptors (Lipinski definition) is 12. The van der Waals surface area contributed by atoms with Crippen LogP contribution in [0.1, 0.15) is 38.5 Å². The van der Waals surface area contributed by atoms with Crippen molar-refractivity contribution in [2.75, 3.05) is 37.0 Å². The summed E-state index contributed by atoms with van der Waals surface area (Å²) < 4.78 is 38.9. The number of aliphatic hydroxyl groups is 1. The molecule has 2 aromatic heterocycles. The maximum absolute atomic E-state index is 15.4. The molecule has 0 spiro atoms. The number of nitrogen functional groups attached to an aromatic ring is 1. The summed E-state index contributed by atoms with van der Waals surface area (Å²) in [5, 5.41) is 10.6. The number of nitrogens with two attached hydrogens (primary N) is 1. The van der Waals surface area contributed by atoms with Crippen molar-refractivity contribution in [3.05, 3.63) is 41.4 Å². The number of aromatic nitrogens is 4. The SMILES string of the molecule is CCOC(=O)C(Cc1ccc(N2CCCC2=O)cc1)(OC[C@H]1O[C@@H](n2cnc3c(N)nc(Cl)nc32)[C@@H](F)[C@@H]1O)C(=O)OCC. The van der Waals surface area contributed by atoms with Gasteiger partial charge in [-0.25, -0.2) is 19.0 Å². The summed E-state index contributed by atoms with van der Waals surface area (Å²) in [7, 11) is 0. The molecule has 2 aliphatic rings. The summed E-state index contributed by atoms with van der Waals surface area (Å²) in [6.07, 6.45) is -4.35. The molecule has 0 unspecified atom stereocenters. The summed E-state index contributed by atoms with van der Waals surface area (Å²) in [6.45, 7) is 2.99. The molecule has 3 aromatic rings. The topological polar surface area (TPSA) is 181 Å². The zero-order chi connectivity index (χ0) is 31.6. The molecule has 4 heterocycles. The van der Waals surface area contributed by atoms with Crippen LogP contribution in [0.15, 0.2) is 30.6 Å². The lowest BCUT2D eigenvalue weighted by molar-refractivity contribution is -0.197. The number of hydrogen-bond donors (Lipinski definition) is 2. The van der Waals surface area contributed by atoms with Crippen LogP contribution in [-0.4, -0.2) is 92.8 Å². The van der Waals surface area contributed by atoms with E-state index in [0.717, 1.165) is 6.42 Å². The van der Waals surface area contributed by atoms with Gasteiger partial charge in [0, 0.05) is 25.1 Å². The summed E-state index contributed by atoms with van der Waals surface area (Å²) in [4.78, 5) is 52.6. The first-order valence-corrected chi connectivity index (χ1v) is 14.5. The van der Waals surface area contributed by atoms with Crippen LogP contribution in [0, 0.1) is 0 Å². The second-order valence-electron chi connectivity index (χ2n) is 10.3. The van der Waals surface area contributed by atoms with Gasteiger partial charge in [-0.05, 0) is 49.6 Å². The third-order valence-electron chi connectivity index (χ3n) is 7.47. The van der Waals surface area contributed by atoms with Gasteiger partial charge in [0.15, 0.2) is 23.9 Å². The number of benzene rings is 1. The van der Waals surface area contributed by atoms with E-state index in [0.29, 0.717) is 24.2 Å².